The van der Waals surface area contributed by atoms with Crippen molar-refractivity contribution in [3.63, 3.8) is 0 Å². The van der Waals surface area contributed by atoms with E-state index in [1.54, 1.807) is 12.1 Å². The topological polar surface area (TPSA) is 66.4 Å². The summed E-state index contributed by atoms with van der Waals surface area (Å²) >= 11 is 0. The van der Waals surface area contributed by atoms with E-state index < -0.39 is 5.97 Å². The average Bonchev–Trinajstić information content (AvgIpc) is 2.59. The fraction of sp³-hybridized carbons (Fsp3) is 0.455. The molecule has 0 aromatic heterocycles. The normalized spacial score (nSPS) is 25.8. The number of hydrogen-bond donors (Lipinski definition) is 2. The maximum atomic E-state index is 12.5. The standard InChI is InChI=1S/C22H27NO3/c1-21(2)11-12-22(3,4)18-13-16(9-10-17(18)21)23-19(24)14-5-7-15(8-6-14)20(25)26/h5-10,13,17-18H,11-12H2,1-4H3,(H,23,24)(H,25,26). The van der Waals surface area contributed by atoms with Gasteiger partial charge in [-0.15, -0.1) is 0 Å². The molecular formula is C22H27NO3. The molecule has 138 valence electrons. The molecule has 3 rings (SSSR count). The fourth-order valence-corrected chi connectivity index (χ4v) is 4.17. The zero-order valence-electron chi connectivity index (χ0n) is 15.9. The van der Waals surface area contributed by atoms with Crippen LogP contribution in [0.25, 0.3) is 0 Å². The predicted molar refractivity (Wildman–Crippen MR) is 102 cm³/mol. The number of rotatable bonds is 3. The lowest BCUT2D eigenvalue weighted by molar-refractivity contribution is 0.0324. The third kappa shape index (κ3) is 3.46. The molecule has 1 aromatic rings. The van der Waals surface area contributed by atoms with Crippen LogP contribution < -0.4 is 5.32 Å². The number of amides is 1. The number of benzene rings is 1. The van der Waals surface area contributed by atoms with Crippen LogP contribution in [-0.4, -0.2) is 17.0 Å². The monoisotopic (exact) mass is 353 g/mol. The van der Waals surface area contributed by atoms with E-state index in [4.69, 9.17) is 5.11 Å². The molecule has 1 fully saturated rings. The van der Waals surface area contributed by atoms with E-state index in [0.717, 1.165) is 5.70 Å². The molecule has 0 spiro atoms. The van der Waals surface area contributed by atoms with Crippen molar-refractivity contribution in [2.75, 3.05) is 0 Å². The second kappa shape index (κ2) is 6.42. The number of carboxylic acids is 1. The van der Waals surface area contributed by atoms with Gasteiger partial charge in [0.25, 0.3) is 5.91 Å². The van der Waals surface area contributed by atoms with Crippen molar-refractivity contribution in [2.45, 2.75) is 40.5 Å². The first-order chi connectivity index (χ1) is 12.1. The zero-order chi connectivity index (χ0) is 19.1. The Morgan fingerprint density at radius 1 is 0.962 bits per heavy atom. The number of carbonyl (C=O) groups excluding carboxylic acids is 1. The summed E-state index contributed by atoms with van der Waals surface area (Å²) in [5.74, 6) is -0.352. The maximum absolute atomic E-state index is 12.5. The molecule has 4 nitrogen and oxygen atoms in total. The highest BCUT2D eigenvalue weighted by Gasteiger charge is 2.46. The molecule has 0 saturated heterocycles. The van der Waals surface area contributed by atoms with Gasteiger partial charge in [0.05, 0.1) is 5.56 Å². The highest BCUT2D eigenvalue weighted by Crippen LogP contribution is 2.54. The van der Waals surface area contributed by atoms with E-state index >= 15 is 0 Å². The number of allylic oxidation sites excluding steroid dienone is 3. The van der Waals surface area contributed by atoms with Crippen molar-refractivity contribution < 1.29 is 14.7 Å². The summed E-state index contributed by atoms with van der Waals surface area (Å²) in [6, 6.07) is 5.99. The van der Waals surface area contributed by atoms with Crippen molar-refractivity contribution in [3.8, 4) is 0 Å². The average molecular weight is 353 g/mol. The maximum Gasteiger partial charge on any atom is 0.335 e. The Kier molecular flexibility index (Phi) is 4.55. The van der Waals surface area contributed by atoms with Crippen molar-refractivity contribution in [2.24, 2.45) is 22.7 Å². The molecule has 0 aliphatic heterocycles. The Bertz CT molecular complexity index is 784. The first-order valence-corrected chi connectivity index (χ1v) is 9.15. The van der Waals surface area contributed by atoms with E-state index in [2.05, 4.69) is 45.2 Å². The second-order valence-electron chi connectivity index (χ2n) is 8.85. The Hall–Kier alpha value is -2.36. The van der Waals surface area contributed by atoms with Crippen LogP contribution in [0.5, 0.6) is 0 Å². The van der Waals surface area contributed by atoms with Crippen LogP contribution in [0.15, 0.2) is 48.2 Å². The van der Waals surface area contributed by atoms with Crippen molar-refractivity contribution >= 4 is 11.9 Å². The van der Waals surface area contributed by atoms with E-state index in [-0.39, 0.29) is 22.3 Å². The summed E-state index contributed by atoms with van der Waals surface area (Å²) in [6.07, 6.45) is 8.83. The van der Waals surface area contributed by atoms with Gasteiger partial charge >= 0.3 is 5.97 Å². The summed E-state index contributed by atoms with van der Waals surface area (Å²) in [5.41, 5.74) is 1.91. The highest BCUT2D eigenvalue weighted by molar-refractivity contribution is 5.97. The molecule has 1 amide bonds. The Morgan fingerprint density at radius 3 is 2.08 bits per heavy atom. The number of hydrogen-bond acceptors (Lipinski definition) is 2. The first-order valence-electron chi connectivity index (χ1n) is 9.15. The number of nitrogens with one attached hydrogen (secondary N) is 1. The van der Waals surface area contributed by atoms with Gasteiger partial charge in [-0.3, -0.25) is 4.79 Å². The Balaban J connectivity index is 1.78. The third-order valence-electron chi connectivity index (χ3n) is 6.10. The van der Waals surface area contributed by atoms with Crippen molar-refractivity contribution in [1.82, 2.24) is 5.32 Å². The van der Waals surface area contributed by atoms with Gasteiger partial charge in [-0.1, -0.05) is 39.8 Å². The van der Waals surface area contributed by atoms with Crippen LogP contribution in [0.3, 0.4) is 0 Å². The van der Waals surface area contributed by atoms with Crippen molar-refractivity contribution in [3.05, 3.63) is 59.3 Å². The lowest BCUT2D eigenvalue weighted by atomic mass is 9.53. The SMILES string of the molecule is CC1(C)CCC(C)(C)C2C=C(NC(=O)c3ccc(C(=O)O)cc3)C=CC21. The van der Waals surface area contributed by atoms with Gasteiger partial charge in [-0.25, -0.2) is 4.79 Å². The van der Waals surface area contributed by atoms with Gasteiger partial charge < -0.3 is 10.4 Å². The molecule has 1 saturated carbocycles. The first kappa shape index (κ1) is 18.4. The van der Waals surface area contributed by atoms with Gasteiger partial charge in [-0.05, 0) is 65.8 Å². The van der Waals surface area contributed by atoms with Gasteiger partial charge in [-0.2, -0.15) is 0 Å². The lowest BCUT2D eigenvalue weighted by Crippen LogP contribution is -2.44. The minimum atomic E-state index is -0.997. The lowest BCUT2D eigenvalue weighted by Gasteiger charge is -2.51. The molecule has 2 N–H and O–H groups in total. The summed E-state index contributed by atoms with van der Waals surface area (Å²) in [7, 11) is 0. The second-order valence-corrected chi connectivity index (χ2v) is 8.85. The summed E-state index contributed by atoms with van der Waals surface area (Å²) < 4.78 is 0. The van der Waals surface area contributed by atoms with E-state index in [0.29, 0.717) is 17.4 Å². The van der Waals surface area contributed by atoms with Gasteiger partial charge in [0.1, 0.15) is 0 Å². The van der Waals surface area contributed by atoms with Crippen molar-refractivity contribution in [1.29, 1.82) is 0 Å². The summed E-state index contributed by atoms with van der Waals surface area (Å²) in [4.78, 5) is 23.4. The predicted octanol–water partition coefficient (Wildman–Crippen LogP) is 4.65. The van der Waals surface area contributed by atoms with Gasteiger partial charge in [0.2, 0.25) is 0 Å². The van der Waals surface area contributed by atoms with Crippen LogP contribution in [0, 0.1) is 22.7 Å². The highest BCUT2D eigenvalue weighted by atomic mass is 16.4. The van der Waals surface area contributed by atoms with Crippen LogP contribution in [0.4, 0.5) is 0 Å². The fourth-order valence-electron chi connectivity index (χ4n) is 4.17. The Morgan fingerprint density at radius 2 is 1.50 bits per heavy atom. The number of carbonyl (C=O) groups is 2. The summed E-state index contributed by atoms with van der Waals surface area (Å²) in [6.45, 7) is 9.26. The summed E-state index contributed by atoms with van der Waals surface area (Å²) in [5, 5.41) is 11.9. The van der Waals surface area contributed by atoms with E-state index in [1.165, 1.54) is 25.0 Å². The molecule has 2 aliphatic carbocycles. The van der Waals surface area contributed by atoms with Crippen LogP contribution in [0.2, 0.25) is 0 Å². The molecule has 1 aromatic carbocycles. The van der Waals surface area contributed by atoms with E-state index in [1.807, 2.05) is 6.08 Å². The van der Waals surface area contributed by atoms with Crippen LogP contribution in [-0.2, 0) is 0 Å². The van der Waals surface area contributed by atoms with E-state index in [9.17, 15) is 9.59 Å². The van der Waals surface area contributed by atoms with Gasteiger partial charge in [0.15, 0.2) is 0 Å². The zero-order valence-corrected chi connectivity index (χ0v) is 15.9. The third-order valence-corrected chi connectivity index (χ3v) is 6.10. The minimum Gasteiger partial charge on any atom is -0.478 e. The van der Waals surface area contributed by atoms with Crippen LogP contribution in [0.1, 0.15) is 61.3 Å². The molecule has 2 atom stereocenters. The smallest absolute Gasteiger partial charge is 0.335 e. The van der Waals surface area contributed by atoms with Gasteiger partial charge in [0, 0.05) is 11.3 Å². The molecule has 4 heteroatoms. The minimum absolute atomic E-state index is 0.173. The molecule has 0 bridgehead atoms. The molecule has 0 heterocycles. The van der Waals surface area contributed by atoms with Crippen LogP contribution >= 0.6 is 0 Å². The molecular weight excluding hydrogens is 326 g/mol. The Labute approximate surface area is 155 Å². The quantitative estimate of drug-likeness (QED) is 0.831. The molecule has 0 radical (unpaired) electrons. The largest absolute Gasteiger partial charge is 0.478 e. The molecule has 2 unspecified atom stereocenters. The molecule has 26 heavy (non-hydrogen) atoms. The number of fused-ring (bicyclic) bond motifs is 1. The molecule has 2 aliphatic rings. The number of carboxylic acid groups (broad SMARTS) is 1. The number of aromatic carboxylic acids is 1.